The Morgan fingerprint density at radius 2 is 2.24 bits per heavy atom. The molecule has 0 unspecified atom stereocenters. The molecule has 3 heterocycles. The number of fused-ring (bicyclic) bond motifs is 1. The van der Waals surface area contributed by atoms with Gasteiger partial charge >= 0.3 is 0 Å². The Bertz CT molecular complexity index is 731. The van der Waals surface area contributed by atoms with Crippen LogP contribution >= 0.6 is 0 Å². The molecule has 2 fully saturated rings. The van der Waals surface area contributed by atoms with Gasteiger partial charge in [0.1, 0.15) is 18.0 Å². The first-order valence-corrected chi connectivity index (χ1v) is 8.68. The number of pyridine rings is 1. The summed E-state index contributed by atoms with van der Waals surface area (Å²) in [5.74, 6) is 0.482. The Kier molecular flexibility index (Phi) is 4.43. The van der Waals surface area contributed by atoms with E-state index in [-0.39, 0.29) is 24.1 Å². The fourth-order valence-corrected chi connectivity index (χ4v) is 3.85. The molecule has 2 aromatic heterocycles. The van der Waals surface area contributed by atoms with Crippen molar-refractivity contribution in [2.24, 2.45) is 0 Å². The minimum Gasteiger partial charge on any atom is -0.469 e. The molecule has 0 radical (unpaired) electrons. The van der Waals surface area contributed by atoms with Gasteiger partial charge in [0.25, 0.3) is 5.88 Å². The Hall–Kier alpha value is -1.99. The quantitative estimate of drug-likeness (QED) is 0.847. The zero-order valence-corrected chi connectivity index (χ0v) is 14.4. The lowest BCUT2D eigenvalue weighted by Crippen LogP contribution is -2.51. The van der Waals surface area contributed by atoms with Gasteiger partial charge in [0, 0.05) is 30.9 Å². The fraction of sp³-hybridized carbons (Fsp3) is 0.556. The molecular weight excluding hydrogens is 325 g/mol. The van der Waals surface area contributed by atoms with Gasteiger partial charge in [-0.05, 0) is 38.8 Å². The fourth-order valence-electron chi connectivity index (χ4n) is 3.85. The highest BCUT2D eigenvalue weighted by Crippen LogP contribution is 2.34. The second kappa shape index (κ2) is 6.72. The lowest BCUT2D eigenvalue weighted by molar-refractivity contribution is -0.0928. The van der Waals surface area contributed by atoms with E-state index in [1.54, 1.807) is 6.07 Å². The van der Waals surface area contributed by atoms with Crippen LogP contribution in [0.1, 0.15) is 29.9 Å². The maximum atomic E-state index is 13.8. The number of halogens is 1. The van der Waals surface area contributed by atoms with Crippen molar-refractivity contribution in [1.29, 1.82) is 0 Å². The number of hydrogen-bond donors (Lipinski definition) is 0. The highest BCUT2D eigenvalue weighted by molar-refractivity contribution is 5.21. The van der Waals surface area contributed by atoms with Gasteiger partial charge in [0.2, 0.25) is 0 Å². The molecule has 1 aliphatic heterocycles. The van der Waals surface area contributed by atoms with E-state index in [0.717, 1.165) is 42.9 Å². The predicted octanol–water partition coefficient (Wildman–Crippen LogP) is 2.64. The zero-order chi connectivity index (χ0) is 17.4. The van der Waals surface area contributed by atoms with Crippen molar-refractivity contribution >= 4 is 0 Å². The zero-order valence-electron chi connectivity index (χ0n) is 14.4. The summed E-state index contributed by atoms with van der Waals surface area (Å²) in [6, 6.07) is 3.17. The average molecular weight is 347 g/mol. The summed E-state index contributed by atoms with van der Waals surface area (Å²) in [5.41, 5.74) is 2.07. The molecule has 0 bridgehead atoms. The predicted molar refractivity (Wildman–Crippen MR) is 87.8 cm³/mol. The topological polar surface area (TPSA) is 60.6 Å². The molecule has 7 heteroatoms. The first-order valence-electron chi connectivity index (χ1n) is 8.68. The van der Waals surface area contributed by atoms with E-state index >= 15 is 0 Å². The summed E-state index contributed by atoms with van der Waals surface area (Å²) in [5, 5.41) is 4.04. The number of aryl methyl sites for hydroxylation is 2. The SMILES string of the molecule is Cc1noc(C)c1CN1CCO[C@H]2[C@@H](Oc3ncccc3F)CC[C@@H]21. The van der Waals surface area contributed by atoms with Crippen molar-refractivity contribution < 1.29 is 18.4 Å². The second-order valence-electron chi connectivity index (χ2n) is 6.70. The molecule has 2 aliphatic rings. The maximum Gasteiger partial charge on any atom is 0.250 e. The van der Waals surface area contributed by atoms with Crippen LogP contribution in [0.4, 0.5) is 4.39 Å². The van der Waals surface area contributed by atoms with E-state index in [1.165, 1.54) is 12.3 Å². The van der Waals surface area contributed by atoms with Gasteiger partial charge in [-0.1, -0.05) is 5.16 Å². The molecule has 1 saturated heterocycles. The number of aromatic nitrogens is 2. The Balaban J connectivity index is 1.48. The van der Waals surface area contributed by atoms with Crippen LogP contribution in [0.25, 0.3) is 0 Å². The van der Waals surface area contributed by atoms with E-state index in [9.17, 15) is 4.39 Å². The van der Waals surface area contributed by atoms with Crippen molar-refractivity contribution in [3.05, 3.63) is 41.2 Å². The van der Waals surface area contributed by atoms with Crippen LogP contribution in [-0.4, -0.2) is 46.4 Å². The van der Waals surface area contributed by atoms with E-state index < -0.39 is 5.82 Å². The van der Waals surface area contributed by atoms with Crippen molar-refractivity contribution in [2.75, 3.05) is 13.2 Å². The molecule has 0 aromatic carbocycles. The van der Waals surface area contributed by atoms with Crippen LogP contribution in [0.15, 0.2) is 22.9 Å². The average Bonchev–Trinajstić information content (AvgIpc) is 3.16. The largest absolute Gasteiger partial charge is 0.469 e. The minimum absolute atomic E-state index is 0.0552. The Morgan fingerprint density at radius 3 is 3.00 bits per heavy atom. The van der Waals surface area contributed by atoms with Crippen molar-refractivity contribution in [1.82, 2.24) is 15.0 Å². The van der Waals surface area contributed by atoms with Crippen molar-refractivity contribution in [2.45, 2.75) is 51.5 Å². The molecule has 0 N–H and O–H groups in total. The third-order valence-electron chi connectivity index (χ3n) is 5.18. The molecule has 1 aliphatic carbocycles. The maximum absolute atomic E-state index is 13.8. The summed E-state index contributed by atoms with van der Waals surface area (Å²) in [6.07, 6.45) is 3.06. The molecule has 0 amide bonds. The lowest BCUT2D eigenvalue weighted by Gasteiger charge is -2.38. The van der Waals surface area contributed by atoms with Crippen LogP contribution in [0.3, 0.4) is 0 Å². The van der Waals surface area contributed by atoms with E-state index in [2.05, 4.69) is 15.0 Å². The molecule has 134 valence electrons. The van der Waals surface area contributed by atoms with Gasteiger partial charge < -0.3 is 14.0 Å². The Morgan fingerprint density at radius 1 is 1.36 bits per heavy atom. The first kappa shape index (κ1) is 16.5. The Labute approximate surface area is 145 Å². The third-order valence-corrected chi connectivity index (χ3v) is 5.18. The van der Waals surface area contributed by atoms with E-state index in [4.69, 9.17) is 14.0 Å². The first-order chi connectivity index (χ1) is 12.1. The van der Waals surface area contributed by atoms with Crippen LogP contribution < -0.4 is 4.74 Å². The van der Waals surface area contributed by atoms with Crippen LogP contribution in [0, 0.1) is 19.7 Å². The van der Waals surface area contributed by atoms with Gasteiger partial charge in [-0.3, -0.25) is 4.90 Å². The van der Waals surface area contributed by atoms with Crippen LogP contribution in [0.5, 0.6) is 5.88 Å². The van der Waals surface area contributed by atoms with Crippen LogP contribution in [-0.2, 0) is 11.3 Å². The molecule has 2 aromatic rings. The number of rotatable bonds is 4. The molecular formula is C18H22FN3O3. The van der Waals surface area contributed by atoms with Gasteiger partial charge in [-0.2, -0.15) is 0 Å². The standard InChI is InChI=1S/C18H22FN3O3/c1-11-13(12(2)25-21-11)10-22-8-9-23-17-15(22)5-6-16(17)24-18-14(19)4-3-7-20-18/h3-4,7,15-17H,5-6,8-10H2,1-2H3/t15-,16-,17+/m0/s1. The van der Waals surface area contributed by atoms with Gasteiger partial charge in [0.15, 0.2) is 5.82 Å². The highest BCUT2D eigenvalue weighted by Gasteiger charge is 2.44. The van der Waals surface area contributed by atoms with Crippen molar-refractivity contribution in [3.8, 4) is 5.88 Å². The van der Waals surface area contributed by atoms with E-state index in [1.807, 2.05) is 13.8 Å². The molecule has 1 saturated carbocycles. The van der Waals surface area contributed by atoms with Gasteiger partial charge in [-0.15, -0.1) is 0 Å². The van der Waals surface area contributed by atoms with Crippen molar-refractivity contribution in [3.63, 3.8) is 0 Å². The lowest BCUT2D eigenvalue weighted by atomic mass is 10.1. The summed E-state index contributed by atoms with van der Waals surface area (Å²) in [7, 11) is 0. The molecule has 25 heavy (non-hydrogen) atoms. The summed E-state index contributed by atoms with van der Waals surface area (Å²) in [4.78, 5) is 6.40. The second-order valence-corrected chi connectivity index (χ2v) is 6.70. The van der Waals surface area contributed by atoms with Crippen LogP contribution in [0.2, 0.25) is 0 Å². The van der Waals surface area contributed by atoms with Gasteiger partial charge in [-0.25, -0.2) is 9.37 Å². The summed E-state index contributed by atoms with van der Waals surface area (Å²) in [6.45, 7) is 6.19. The molecule has 4 rings (SSSR count). The number of hydrogen-bond acceptors (Lipinski definition) is 6. The number of ether oxygens (including phenoxy) is 2. The summed E-state index contributed by atoms with van der Waals surface area (Å²) >= 11 is 0. The molecule has 6 nitrogen and oxygen atoms in total. The number of morpholine rings is 1. The normalized spacial score (nSPS) is 26.6. The minimum atomic E-state index is -0.436. The number of nitrogens with zero attached hydrogens (tertiary/aromatic N) is 3. The monoisotopic (exact) mass is 347 g/mol. The van der Waals surface area contributed by atoms with Gasteiger partial charge in [0.05, 0.1) is 12.3 Å². The molecule has 3 atom stereocenters. The molecule has 0 spiro atoms. The third kappa shape index (κ3) is 3.14. The summed E-state index contributed by atoms with van der Waals surface area (Å²) < 4.78 is 30.9. The smallest absolute Gasteiger partial charge is 0.250 e. The van der Waals surface area contributed by atoms with E-state index in [0.29, 0.717) is 6.61 Å². The highest BCUT2D eigenvalue weighted by atomic mass is 19.1.